The number of benzene rings is 2. The van der Waals surface area contributed by atoms with E-state index < -0.39 is 22.5 Å². The summed E-state index contributed by atoms with van der Waals surface area (Å²) in [6, 6.07) is 14.1. The molecule has 36 heavy (non-hydrogen) atoms. The van der Waals surface area contributed by atoms with Gasteiger partial charge in [-0.05, 0) is 54.6 Å². The van der Waals surface area contributed by atoms with E-state index in [0.29, 0.717) is 30.1 Å². The summed E-state index contributed by atoms with van der Waals surface area (Å²) in [6.07, 6.45) is 1.77. The second kappa shape index (κ2) is 10.3. The van der Waals surface area contributed by atoms with Gasteiger partial charge in [0.05, 0.1) is 16.1 Å². The molecule has 0 radical (unpaired) electrons. The molecule has 0 bridgehead atoms. The number of anilines is 2. The molecule has 0 saturated heterocycles. The number of rotatable bonds is 9. The summed E-state index contributed by atoms with van der Waals surface area (Å²) >= 11 is 12.0. The average molecular weight is 549 g/mol. The number of aliphatic carboxylic acids is 1. The summed E-state index contributed by atoms with van der Waals surface area (Å²) in [7, 11) is -2.41. The van der Waals surface area contributed by atoms with Gasteiger partial charge in [-0.15, -0.1) is 10.2 Å². The van der Waals surface area contributed by atoms with Gasteiger partial charge in [0.15, 0.2) is 11.6 Å². The Hall–Kier alpha value is -3.38. The third kappa shape index (κ3) is 5.24. The van der Waals surface area contributed by atoms with Crippen molar-refractivity contribution in [3.05, 3.63) is 70.8 Å². The van der Waals surface area contributed by atoms with E-state index in [0.717, 1.165) is 9.82 Å². The molecule has 2 aromatic heterocycles. The van der Waals surface area contributed by atoms with Crippen LogP contribution >= 0.6 is 23.2 Å². The minimum atomic E-state index is -4.29. The second-order valence-electron chi connectivity index (χ2n) is 7.90. The molecule has 2 aromatic carbocycles. The molecule has 0 aliphatic carbocycles. The molecule has 0 unspecified atom stereocenters. The van der Waals surface area contributed by atoms with E-state index in [1.54, 1.807) is 29.0 Å². The van der Waals surface area contributed by atoms with Crippen LogP contribution in [0.1, 0.15) is 0 Å². The summed E-state index contributed by atoms with van der Waals surface area (Å²) < 4.78 is 29.4. The fourth-order valence-electron chi connectivity index (χ4n) is 3.69. The molecular formula is C23H22Cl2N6O4S. The first-order valence-corrected chi connectivity index (χ1v) is 12.9. The van der Waals surface area contributed by atoms with Crippen molar-refractivity contribution in [1.82, 2.24) is 14.8 Å². The van der Waals surface area contributed by atoms with Gasteiger partial charge in [0.2, 0.25) is 0 Å². The van der Waals surface area contributed by atoms with Gasteiger partial charge >= 0.3 is 5.97 Å². The lowest BCUT2D eigenvalue weighted by Gasteiger charge is -2.23. The molecule has 0 atom stereocenters. The Balaban J connectivity index is 1.72. The van der Waals surface area contributed by atoms with Crippen LogP contribution in [-0.4, -0.2) is 60.9 Å². The molecule has 0 amide bonds. The molecule has 4 aromatic rings. The van der Waals surface area contributed by atoms with E-state index in [1.807, 2.05) is 24.1 Å². The minimum absolute atomic E-state index is 0.116. The predicted molar refractivity (Wildman–Crippen MR) is 140 cm³/mol. The highest BCUT2D eigenvalue weighted by Gasteiger charge is 2.28. The first kappa shape index (κ1) is 25.7. The van der Waals surface area contributed by atoms with Crippen molar-refractivity contribution in [3.8, 4) is 5.82 Å². The van der Waals surface area contributed by atoms with E-state index in [1.165, 1.54) is 24.3 Å². The number of nitrogens with two attached hydrogens (primary N) is 1. The van der Waals surface area contributed by atoms with Gasteiger partial charge in [-0.1, -0.05) is 23.2 Å². The third-order valence-electron chi connectivity index (χ3n) is 5.40. The summed E-state index contributed by atoms with van der Waals surface area (Å²) in [5, 5.41) is 18.9. The van der Waals surface area contributed by atoms with Crippen LogP contribution in [0, 0.1) is 0 Å². The molecule has 0 saturated carbocycles. The summed E-state index contributed by atoms with van der Waals surface area (Å²) in [5.74, 6) is -0.0795. The standard InChI is InChI=1S/C23H22Cl2N6O4S/c1-29(9-7-26)21-4-5-22(28-27-21)30-8-6-15-10-18(2-3-20(15)30)31(14-23(32)33)36(34,35)19-12-16(24)11-17(25)13-19/h2-6,8,10-13H,7,9,14,26H2,1H3,(H,32,33). The Morgan fingerprint density at radius 3 is 2.39 bits per heavy atom. The second-order valence-corrected chi connectivity index (χ2v) is 10.6. The van der Waals surface area contributed by atoms with Gasteiger partial charge in [-0.2, -0.15) is 0 Å². The van der Waals surface area contributed by atoms with Gasteiger partial charge in [0.25, 0.3) is 10.0 Å². The Kier molecular flexibility index (Phi) is 7.36. The number of carboxylic acid groups (broad SMARTS) is 1. The molecular weight excluding hydrogens is 527 g/mol. The van der Waals surface area contributed by atoms with Crippen LogP contribution in [0.5, 0.6) is 0 Å². The highest BCUT2D eigenvalue weighted by Crippen LogP contribution is 2.31. The Bertz CT molecular complexity index is 1510. The van der Waals surface area contributed by atoms with Crippen LogP contribution in [0.15, 0.2) is 65.7 Å². The first-order valence-electron chi connectivity index (χ1n) is 10.7. The number of sulfonamides is 1. The monoisotopic (exact) mass is 548 g/mol. The molecule has 13 heteroatoms. The van der Waals surface area contributed by atoms with E-state index in [-0.39, 0.29) is 20.6 Å². The van der Waals surface area contributed by atoms with E-state index in [4.69, 9.17) is 28.9 Å². The van der Waals surface area contributed by atoms with Gasteiger partial charge in [-0.25, -0.2) is 8.42 Å². The van der Waals surface area contributed by atoms with Crippen molar-refractivity contribution >= 4 is 61.6 Å². The number of aromatic nitrogens is 3. The van der Waals surface area contributed by atoms with Crippen LogP contribution < -0.4 is 14.9 Å². The van der Waals surface area contributed by atoms with Gasteiger partial charge < -0.3 is 15.7 Å². The average Bonchev–Trinajstić information content (AvgIpc) is 3.25. The molecule has 3 N–H and O–H groups in total. The molecule has 0 aliphatic heterocycles. The maximum atomic E-state index is 13.4. The van der Waals surface area contributed by atoms with Crippen molar-refractivity contribution in [2.75, 3.05) is 35.9 Å². The van der Waals surface area contributed by atoms with Crippen LogP contribution in [0.4, 0.5) is 11.5 Å². The zero-order valence-electron chi connectivity index (χ0n) is 19.0. The number of likely N-dealkylation sites (N-methyl/N-ethyl adjacent to an activating group) is 1. The quantitative estimate of drug-likeness (QED) is 0.325. The molecule has 2 heterocycles. The maximum Gasteiger partial charge on any atom is 0.324 e. The summed E-state index contributed by atoms with van der Waals surface area (Å²) in [4.78, 5) is 13.3. The number of hydrogen-bond acceptors (Lipinski definition) is 7. The number of hydrogen-bond donors (Lipinski definition) is 2. The van der Waals surface area contributed by atoms with Crippen molar-refractivity contribution in [2.45, 2.75) is 4.90 Å². The van der Waals surface area contributed by atoms with Crippen LogP contribution in [-0.2, 0) is 14.8 Å². The van der Waals surface area contributed by atoms with Crippen molar-refractivity contribution in [3.63, 3.8) is 0 Å². The predicted octanol–water partition coefficient (Wildman–Crippen LogP) is 3.40. The Morgan fingerprint density at radius 2 is 1.78 bits per heavy atom. The number of carbonyl (C=O) groups is 1. The summed E-state index contributed by atoms with van der Waals surface area (Å²) in [6.45, 7) is 0.339. The van der Waals surface area contributed by atoms with Crippen LogP contribution in [0.2, 0.25) is 10.0 Å². The molecule has 0 fully saturated rings. The lowest BCUT2D eigenvalue weighted by molar-refractivity contribution is -0.135. The molecule has 10 nitrogen and oxygen atoms in total. The fourth-order valence-corrected chi connectivity index (χ4v) is 5.82. The Labute approximate surface area is 217 Å². The van der Waals surface area contributed by atoms with Crippen molar-refractivity contribution < 1.29 is 18.3 Å². The van der Waals surface area contributed by atoms with Crippen molar-refractivity contribution in [1.29, 1.82) is 0 Å². The lowest BCUT2D eigenvalue weighted by atomic mass is 10.2. The maximum absolute atomic E-state index is 13.4. The van der Waals surface area contributed by atoms with Crippen LogP contribution in [0.25, 0.3) is 16.7 Å². The fraction of sp³-hybridized carbons (Fsp3) is 0.174. The zero-order valence-corrected chi connectivity index (χ0v) is 21.4. The molecule has 0 aliphatic rings. The molecule has 0 spiro atoms. The largest absolute Gasteiger partial charge is 0.480 e. The van der Waals surface area contributed by atoms with E-state index in [2.05, 4.69) is 10.2 Å². The normalized spacial score (nSPS) is 11.6. The summed E-state index contributed by atoms with van der Waals surface area (Å²) in [5.41, 5.74) is 6.49. The topological polar surface area (TPSA) is 135 Å². The number of fused-ring (bicyclic) bond motifs is 1. The van der Waals surface area contributed by atoms with Gasteiger partial charge in [-0.3, -0.25) is 13.7 Å². The first-order chi connectivity index (χ1) is 17.1. The van der Waals surface area contributed by atoms with E-state index >= 15 is 0 Å². The minimum Gasteiger partial charge on any atom is -0.480 e. The SMILES string of the molecule is CN(CCN)c1ccc(-n2ccc3cc(N(CC(=O)O)S(=O)(=O)c4cc(Cl)cc(Cl)c4)ccc32)nn1. The number of nitrogens with zero attached hydrogens (tertiary/aromatic N) is 5. The third-order valence-corrected chi connectivity index (χ3v) is 7.59. The highest BCUT2D eigenvalue weighted by atomic mass is 35.5. The molecule has 188 valence electrons. The lowest BCUT2D eigenvalue weighted by Crippen LogP contribution is -2.35. The number of halogens is 2. The van der Waals surface area contributed by atoms with Gasteiger partial charge in [0.1, 0.15) is 6.54 Å². The smallest absolute Gasteiger partial charge is 0.324 e. The van der Waals surface area contributed by atoms with Crippen molar-refractivity contribution in [2.24, 2.45) is 5.73 Å². The molecule has 4 rings (SSSR count). The van der Waals surface area contributed by atoms with E-state index in [9.17, 15) is 18.3 Å². The zero-order chi connectivity index (χ0) is 26.0. The number of carboxylic acids is 1. The Morgan fingerprint density at radius 1 is 1.06 bits per heavy atom. The van der Waals surface area contributed by atoms with Gasteiger partial charge in [0, 0.05) is 41.8 Å². The highest BCUT2D eigenvalue weighted by molar-refractivity contribution is 7.92. The van der Waals surface area contributed by atoms with Crippen LogP contribution in [0.3, 0.4) is 0 Å².